The van der Waals surface area contributed by atoms with Crippen LogP contribution in [0.15, 0.2) is 5.16 Å². The Morgan fingerprint density at radius 3 is 2.50 bits per heavy atom. The molecule has 0 radical (unpaired) electrons. The van der Waals surface area contributed by atoms with E-state index in [2.05, 4.69) is 5.16 Å². The third kappa shape index (κ3) is 2.16. The van der Waals surface area contributed by atoms with Crippen LogP contribution in [0.2, 0.25) is 0 Å². The van der Waals surface area contributed by atoms with Crippen LogP contribution in [0.1, 0.15) is 40.0 Å². The zero-order valence-electron chi connectivity index (χ0n) is 9.80. The molecule has 0 aromatic carbocycles. The van der Waals surface area contributed by atoms with Gasteiger partial charge in [0.2, 0.25) is 5.54 Å². The van der Waals surface area contributed by atoms with Gasteiger partial charge in [-0.3, -0.25) is 10.1 Å². The Morgan fingerprint density at radius 1 is 1.50 bits per heavy atom. The third-order valence-electron chi connectivity index (χ3n) is 3.67. The Morgan fingerprint density at radius 2 is 2.06 bits per heavy atom. The van der Waals surface area contributed by atoms with Crippen molar-refractivity contribution < 1.29 is 15.2 Å². The second-order valence-corrected chi connectivity index (χ2v) is 5.11. The maximum Gasteiger partial charge on any atom is 0.220 e. The van der Waals surface area contributed by atoms with Gasteiger partial charge in [-0.25, -0.2) is 0 Å². The van der Waals surface area contributed by atoms with E-state index < -0.39 is 17.1 Å². The van der Waals surface area contributed by atoms with Crippen LogP contribution in [0, 0.1) is 16.0 Å². The SMILES string of the molecule is C/C(=N/O)[C@H]1C[C@@](C)([N+](=O)[O-])CC[C@@]1(C)O. The van der Waals surface area contributed by atoms with Crippen LogP contribution in [-0.4, -0.2) is 32.1 Å². The molecule has 0 heterocycles. The summed E-state index contributed by atoms with van der Waals surface area (Å²) in [5, 5.41) is 32.9. The molecule has 0 amide bonds. The molecule has 3 atom stereocenters. The lowest BCUT2D eigenvalue weighted by molar-refractivity contribution is -0.573. The quantitative estimate of drug-likeness (QED) is 0.324. The van der Waals surface area contributed by atoms with Gasteiger partial charge in [-0.2, -0.15) is 0 Å². The minimum atomic E-state index is -1.04. The highest BCUT2D eigenvalue weighted by molar-refractivity contribution is 5.85. The van der Waals surface area contributed by atoms with Crippen LogP contribution >= 0.6 is 0 Å². The number of nitro groups is 1. The molecule has 1 aliphatic rings. The van der Waals surface area contributed by atoms with E-state index in [1.54, 1.807) is 20.8 Å². The molecular formula is C10H18N2O4. The standard InChI is InChI=1S/C10H18N2O4/c1-7(11-14)8-6-9(2,12(15)16)4-5-10(8,3)13/h8,13-14H,4-6H2,1-3H3/b11-7-/t8-,9+,10-/m1/s1. The average molecular weight is 230 g/mol. The van der Waals surface area contributed by atoms with Crippen molar-refractivity contribution in [1.29, 1.82) is 0 Å². The van der Waals surface area contributed by atoms with E-state index in [1.807, 2.05) is 0 Å². The second kappa shape index (κ2) is 4.01. The molecule has 0 aromatic heterocycles. The number of aliphatic hydroxyl groups is 1. The predicted octanol–water partition coefficient (Wildman–Crippen LogP) is 1.42. The molecule has 6 nitrogen and oxygen atoms in total. The second-order valence-electron chi connectivity index (χ2n) is 5.11. The molecule has 2 N–H and O–H groups in total. The molecule has 6 heteroatoms. The summed E-state index contributed by atoms with van der Waals surface area (Å²) in [6.07, 6.45) is 0.868. The van der Waals surface area contributed by atoms with E-state index in [0.29, 0.717) is 18.6 Å². The van der Waals surface area contributed by atoms with E-state index in [4.69, 9.17) is 5.21 Å². The van der Waals surface area contributed by atoms with Crippen LogP contribution in [0.5, 0.6) is 0 Å². The summed E-state index contributed by atoms with van der Waals surface area (Å²) in [7, 11) is 0. The first-order valence-corrected chi connectivity index (χ1v) is 5.28. The maximum absolute atomic E-state index is 11.0. The first-order valence-electron chi connectivity index (χ1n) is 5.28. The minimum Gasteiger partial charge on any atom is -0.411 e. The van der Waals surface area contributed by atoms with Crippen molar-refractivity contribution in [2.24, 2.45) is 11.1 Å². The zero-order chi connectivity index (χ0) is 12.6. The number of hydrogen-bond donors (Lipinski definition) is 2. The van der Waals surface area contributed by atoms with Crippen molar-refractivity contribution >= 4 is 5.71 Å². The molecule has 1 saturated carbocycles. The zero-order valence-corrected chi connectivity index (χ0v) is 9.80. The van der Waals surface area contributed by atoms with Gasteiger partial charge in [0.15, 0.2) is 0 Å². The van der Waals surface area contributed by atoms with Crippen LogP contribution in [0.3, 0.4) is 0 Å². The van der Waals surface area contributed by atoms with E-state index in [1.165, 1.54) is 0 Å². The van der Waals surface area contributed by atoms with Crippen LogP contribution < -0.4 is 0 Å². The fraction of sp³-hybridized carbons (Fsp3) is 0.900. The third-order valence-corrected chi connectivity index (χ3v) is 3.67. The minimum absolute atomic E-state index is 0.197. The summed E-state index contributed by atoms with van der Waals surface area (Å²) in [4.78, 5) is 10.7. The smallest absolute Gasteiger partial charge is 0.220 e. The summed E-state index contributed by atoms with van der Waals surface area (Å²) in [6.45, 7) is 4.77. The summed E-state index contributed by atoms with van der Waals surface area (Å²) >= 11 is 0. The van der Waals surface area contributed by atoms with E-state index in [9.17, 15) is 15.2 Å². The van der Waals surface area contributed by atoms with Crippen molar-refractivity contribution in [3.63, 3.8) is 0 Å². The van der Waals surface area contributed by atoms with Gasteiger partial charge in [-0.05, 0) is 20.3 Å². The largest absolute Gasteiger partial charge is 0.411 e. The average Bonchev–Trinajstić information content (AvgIpc) is 2.20. The fourth-order valence-corrected chi connectivity index (χ4v) is 2.29. The molecule has 16 heavy (non-hydrogen) atoms. The van der Waals surface area contributed by atoms with Gasteiger partial charge in [0, 0.05) is 30.6 Å². The number of oxime groups is 1. The van der Waals surface area contributed by atoms with Crippen molar-refractivity contribution in [3.05, 3.63) is 10.1 Å². The van der Waals surface area contributed by atoms with Gasteiger partial charge >= 0.3 is 0 Å². The Balaban J connectivity index is 2.99. The van der Waals surface area contributed by atoms with Gasteiger partial charge in [-0.1, -0.05) is 5.16 Å². The summed E-state index contributed by atoms with van der Waals surface area (Å²) < 4.78 is 0. The Bertz CT molecular complexity index is 327. The topological polar surface area (TPSA) is 96.0 Å². The highest BCUT2D eigenvalue weighted by atomic mass is 16.6. The summed E-state index contributed by atoms with van der Waals surface area (Å²) in [5.74, 6) is -0.471. The van der Waals surface area contributed by atoms with Crippen molar-refractivity contribution in [1.82, 2.24) is 0 Å². The first kappa shape index (κ1) is 12.9. The number of nitrogens with zero attached hydrogens (tertiary/aromatic N) is 2. The lowest BCUT2D eigenvalue weighted by Crippen LogP contribution is -2.52. The highest BCUT2D eigenvalue weighted by Gasteiger charge is 2.51. The van der Waals surface area contributed by atoms with Crippen molar-refractivity contribution in [3.8, 4) is 0 Å². The molecule has 0 spiro atoms. The van der Waals surface area contributed by atoms with Gasteiger partial charge in [0.25, 0.3) is 0 Å². The molecular weight excluding hydrogens is 212 g/mol. The van der Waals surface area contributed by atoms with Gasteiger partial charge < -0.3 is 10.3 Å². The lowest BCUT2D eigenvalue weighted by atomic mass is 9.67. The molecule has 0 unspecified atom stereocenters. The summed E-state index contributed by atoms with van der Waals surface area (Å²) in [6, 6.07) is 0. The van der Waals surface area contributed by atoms with Crippen LogP contribution in [0.25, 0.3) is 0 Å². The Hall–Kier alpha value is -1.17. The van der Waals surface area contributed by atoms with E-state index >= 15 is 0 Å². The van der Waals surface area contributed by atoms with Crippen molar-refractivity contribution in [2.75, 3.05) is 0 Å². The Labute approximate surface area is 94.1 Å². The van der Waals surface area contributed by atoms with Crippen LogP contribution in [0.4, 0.5) is 0 Å². The molecule has 0 saturated heterocycles. The van der Waals surface area contributed by atoms with Gasteiger partial charge in [0.05, 0.1) is 11.3 Å². The predicted molar refractivity (Wildman–Crippen MR) is 58.3 cm³/mol. The first-order chi connectivity index (χ1) is 7.23. The van der Waals surface area contributed by atoms with Crippen LogP contribution in [-0.2, 0) is 0 Å². The van der Waals surface area contributed by atoms with Gasteiger partial charge in [-0.15, -0.1) is 0 Å². The Kier molecular flexibility index (Phi) is 3.23. The molecule has 1 fully saturated rings. The van der Waals surface area contributed by atoms with Crippen molar-refractivity contribution in [2.45, 2.75) is 51.2 Å². The normalized spacial score (nSPS) is 40.8. The molecule has 0 aliphatic heterocycles. The number of rotatable bonds is 2. The maximum atomic E-state index is 11.0. The lowest BCUT2D eigenvalue weighted by Gasteiger charge is -2.41. The van der Waals surface area contributed by atoms with E-state index in [-0.39, 0.29) is 11.3 Å². The molecule has 1 rings (SSSR count). The molecule has 92 valence electrons. The van der Waals surface area contributed by atoms with E-state index in [0.717, 1.165) is 0 Å². The summed E-state index contributed by atoms with van der Waals surface area (Å²) in [5.41, 5.74) is -1.73. The molecule has 0 aromatic rings. The molecule has 0 bridgehead atoms. The monoisotopic (exact) mass is 230 g/mol. The fourth-order valence-electron chi connectivity index (χ4n) is 2.29. The highest BCUT2D eigenvalue weighted by Crippen LogP contribution is 2.41. The number of hydrogen-bond acceptors (Lipinski definition) is 5. The molecule has 1 aliphatic carbocycles. The van der Waals surface area contributed by atoms with Gasteiger partial charge in [0.1, 0.15) is 0 Å².